The molecule has 0 saturated carbocycles. The van der Waals surface area contributed by atoms with E-state index in [4.69, 9.17) is 0 Å². The van der Waals surface area contributed by atoms with Crippen LogP contribution in [0.4, 0.5) is 0 Å². The first-order valence-electron chi connectivity index (χ1n) is 7.00. The number of amides is 1. The SMILES string of the molecule is O=C(NCc1ccc(-n2cccn2)cc1)[C@H]1C[C@H](O)CN1. The highest BCUT2D eigenvalue weighted by Crippen LogP contribution is 2.09. The van der Waals surface area contributed by atoms with Gasteiger partial charge in [-0.1, -0.05) is 12.1 Å². The van der Waals surface area contributed by atoms with Gasteiger partial charge in [-0.25, -0.2) is 4.68 Å². The van der Waals surface area contributed by atoms with Crippen LogP contribution in [0.3, 0.4) is 0 Å². The fourth-order valence-corrected chi connectivity index (χ4v) is 2.42. The number of carbonyl (C=O) groups is 1. The molecule has 1 amide bonds. The summed E-state index contributed by atoms with van der Waals surface area (Å²) in [7, 11) is 0. The molecule has 0 spiro atoms. The van der Waals surface area contributed by atoms with Crippen molar-refractivity contribution in [3.05, 3.63) is 48.3 Å². The minimum atomic E-state index is -0.422. The van der Waals surface area contributed by atoms with Crippen LogP contribution in [0, 0.1) is 0 Å². The summed E-state index contributed by atoms with van der Waals surface area (Å²) in [4.78, 5) is 11.9. The highest BCUT2D eigenvalue weighted by Gasteiger charge is 2.27. The Morgan fingerprint density at radius 1 is 1.43 bits per heavy atom. The monoisotopic (exact) mass is 286 g/mol. The van der Waals surface area contributed by atoms with E-state index < -0.39 is 6.10 Å². The molecule has 0 radical (unpaired) electrons. The van der Waals surface area contributed by atoms with Crippen molar-refractivity contribution in [2.24, 2.45) is 0 Å². The van der Waals surface area contributed by atoms with Gasteiger partial charge >= 0.3 is 0 Å². The third-order valence-electron chi connectivity index (χ3n) is 3.60. The van der Waals surface area contributed by atoms with E-state index in [9.17, 15) is 9.90 Å². The van der Waals surface area contributed by atoms with E-state index in [0.29, 0.717) is 19.5 Å². The molecule has 2 aromatic rings. The molecule has 1 aliphatic heterocycles. The lowest BCUT2D eigenvalue weighted by Crippen LogP contribution is -2.39. The van der Waals surface area contributed by atoms with Crippen LogP contribution in [0.5, 0.6) is 0 Å². The zero-order valence-corrected chi connectivity index (χ0v) is 11.6. The summed E-state index contributed by atoms with van der Waals surface area (Å²) >= 11 is 0. The average Bonchev–Trinajstić information content (AvgIpc) is 3.16. The van der Waals surface area contributed by atoms with E-state index >= 15 is 0 Å². The highest BCUT2D eigenvalue weighted by atomic mass is 16.3. The summed E-state index contributed by atoms with van der Waals surface area (Å²) < 4.78 is 1.78. The normalized spacial score (nSPS) is 21.4. The lowest BCUT2D eigenvalue weighted by atomic mass is 10.1. The lowest BCUT2D eigenvalue weighted by Gasteiger charge is -2.11. The summed E-state index contributed by atoms with van der Waals surface area (Å²) in [5.41, 5.74) is 2.01. The van der Waals surface area contributed by atoms with Crippen molar-refractivity contribution in [3.63, 3.8) is 0 Å². The van der Waals surface area contributed by atoms with Gasteiger partial charge in [0.1, 0.15) is 0 Å². The van der Waals surface area contributed by atoms with Gasteiger partial charge in [-0.05, 0) is 30.2 Å². The predicted octanol–water partition coefficient (Wildman–Crippen LogP) is 0.211. The first-order chi connectivity index (χ1) is 10.2. The Kier molecular flexibility index (Phi) is 3.98. The number of hydrogen-bond acceptors (Lipinski definition) is 4. The fourth-order valence-electron chi connectivity index (χ4n) is 2.42. The first kappa shape index (κ1) is 13.8. The van der Waals surface area contributed by atoms with Crippen LogP contribution < -0.4 is 10.6 Å². The highest BCUT2D eigenvalue weighted by molar-refractivity contribution is 5.82. The van der Waals surface area contributed by atoms with Crippen molar-refractivity contribution in [1.82, 2.24) is 20.4 Å². The lowest BCUT2D eigenvalue weighted by molar-refractivity contribution is -0.123. The van der Waals surface area contributed by atoms with E-state index in [0.717, 1.165) is 11.3 Å². The van der Waals surface area contributed by atoms with Gasteiger partial charge in [0.2, 0.25) is 5.91 Å². The maximum Gasteiger partial charge on any atom is 0.237 e. The number of nitrogens with one attached hydrogen (secondary N) is 2. The minimum Gasteiger partial charge on any atom is -0.392 e. The van der Waals surface area contributed by atoms with E-state index in [-0.39, 0.29) is 11.9 Å². The molecule has 0 aliphatic carbocycles. The van der Waals surface area contributed by atoms with Gasteiger partial charge in [0.25, 0.3) is 0 Å². The molecule has 1 aliphatic rings. The van der Waals surface area contributed by atoms with Crippen molar-refractivity contribution in [1.29, 1.82) is 0 Å². The van der Waals surface area contributed by atoms with E-state index in [1.54, 1.807) is 10.9 Å². The minimum absolute atomic E-state index is 0.0669. The molecule has 1 aromatic heterocycles. The second-order valence-electron chi connectivity index (χ2n) is 5.19. The number of rotatable bonds is 4. The zero-order chi connectivity index (χ0) is 14.7. The second kappa shape index (κ2) is 6.07. The summed E-state index contributed by atoms with van der Waals surface area (Å²) in [6, 6.07) is 9.45. The van der Waals surface area contributed by atoms with E-state index in [1.165, 1.54) is 0 Å². The van der Waals surface area contributed by atoms with Crippen molar-refractivity contribution in [2.75, 3.05) is 6.54 Å². The Morgan fingerprint density at radius 3 is 2.86 bits per heavy atom. The fraction of sp³-hybridized carbons (Fsp3) is 0.333. The summed E-state index contributed by atoms with van der Waals surface area (Å²) in [5.74, 6) is -0.0669. The zero-order valence-electron chi connectivity index (χ0n) is 11.6. The summed E-state index contributed by atoms with van der Waals surface area (Å²) in [6.45, 7) is 0.961. The van der Waals surface area contributed by atoms with Crippen molar-refractivity contribution in [2.45, 2.75) is 25.1 Å². The Labute approximate surface area is 122 Å². The predicted molar refractivity (Wildman–Crippen MR) is 77.8 cm³/mol. The Morgan fingerprint density at radius 2 is 2.24 bits per heavy atom. The van der Waals surface area contributed by atoms with Gasteiger partial charge in [-0.15, -0.1) is 0 Å². The van der Waals surface area contributed by atoms with Crippen LogP contribution >= 0.6 is 0 Å². The number of hydrogen-bond donors (Lipinski definition) is 3. The van der Waals surface area contributed by atoms with Crippen LogP contribution in [0.15, 0.2) is 42.7 Å². The second-order valence-corrected chi connectivity index (χ2v) is 5.19. The molecule has 110 valence electrons. The van der Waals surface area contributed by atoms with E-state index in [1.807, 2.05) is 36.5 Å². The van der Waals surface area contributed by atoms with Gasteiger partial charge in [0, 0.05) is 25.5 Å². The van der Waals surface area contributed by atoms with Gasteiger partial charge in [-0.2, -0.15) is 5.10 Å². The molecule has 1 aromatic carbocycles. The molecule has 3 N–H and O–H groups in total. The number of β-amino-alcohol motifs (C(OH)–C–C–N with tert-alkyl or cyclic N) is 1. The Balaban J connectivity index is 1.55. The Bertz CT molecular complexity index is 595. The number of aliphatic hydroxyl groups excluding tert-OH is 1. The molecule has 2 atom stereocenters. The number of aliphatic hydroxyl groups is 1. The molecule has 0 unspecified atom stereocenters. The third-order valence-corrected chi connectivity index (χ3v) is 3.60. The molecule has 1 saturated heterocycles. The van der Waals surface area contributed by atoms with Crippen molar-refractivity contribution < 1.29 is 9.90 Å². The standard InChI is InChI=1S/C15H18N4O2/c20-13-8-14(16-10-13)15(21)17-9-11-2-4-12(5-3-11)19-7-1-6-18-19/h1-7,13-14,16,20H,8-10H2,(H,17,21)/t13-,14+/m0/s1. The van der Waals surface area contributed by atoms with E-state index in [2.05, 4.69) is 15.7 Å². The van der Waals surface area contributed by atoms with Crippen molar-refractivity contribution in [3.8, 4) is 5.69 Å². The number of benzene rings is 1. The van der Waals surface area contributed by atoms with Crippen LogP contribution in [0.1, 0.15) is 12.0 Å². The van der Waals surface area contributed by atoms with Crippen molar-refractivity contribution >= 4 is 5.91 Å². The van der Waals surface area contributed by atoms with Gasteiger partial charge in [0.05, 0.1) is 17.8 Å². The molecule has 21 heavy (non-hydrogen) atoms. The topological polar surface area (TPSA) is 79.2 Å². The quantitative estimate of drug-likeness (QED) is 0.751. The van der Waals surface area contributed by atoms with Gasteiger partial charge in [-0.3, -0.25) is 4.79 Å². The third kappa shape index (κ3) is 3.29. The first-order valence-corrected chi connectivity index (χ1v) is 7.00. The van der Waals surface area contributed by atoms with Crippen LogP contribution in [0.2, 0.25) is 0 Å². The number of nitrogens with zero attached hydrogens (tertiary/aromatic N) is 2. The average molecular weight is 286 g/mol. The largest absolute Gasteiger partial charge is 0.392 e. The Hall–Kier alpha value is -2.18. The summed E-state index contributed by atoms with van der Waals surface area (Å²) in [5, 5.41) is 19.4. The smallest absolute Gasteiger partial charge is 0.237 e. The molecule has 6 nitrogen and oxygen atoms in total. The number of carbonyl (C=O) groups excluding carboxylic acids is 1. The molecule has 3 rings (SSSR count). The van der Waals surface area contributed by atoms with Gasteiger partial charge in [0.15, 0.2) is 0 Å². The van der Waals surface area contributed by atoms with Crippen LogP contribution in [-0.4, -0.2) is 39.5 Å². The molecular weight excluding hydrogens is 268 g/mol. The molecule has 1 fully saturated rings. The molecule has 2 heterocycles. The molecule has 0 bridgehead atoms. The maximum atomic E-state index is 11.9. The van der Waals surface area contributed by atoms with Crippen LogP contribution in [-0.2, 0) is 11.3 Å². The summed E-state index contributed by atoms with van der Waals surface area (Å²) in [6.07, 6.45) is 3.67. The maximum absolute atomic E-state index is 11.9. The van der Waals surface area contributed by atoms with Gasteiger partial charge < -0.3 is 15.7 Å². The number of aromatic nitrogens is 2. The molecule has 6 heteroatoms. The van der Waals surface area contributed by atoms with Crippen LogP contribution in [0.25, 0.3) is 5.69 Å². The molecular formula is C15H18N4O2.